The van der Waals surface area contributed by atoms with Crippen LogP contribution in [0.2, 0.25) is 0 Å². The molecule has 6 nitrogen and oxygen atoms in total. The number of carbonyl (C=O) groups is 3. The minimum absolute atomic E-state index is 0.0727. The number of ether oxygens (including phenoxy) is 3. The first-order valence-corrected chi connectivity index (χ1v) is 31.6. The van der Waals surface area contributed by atoms with Crippen LogP contribution in [0.1, 0.15) is 335 Å². The third kappa shape index (κ3) is 58.3. The topological polar surface area (TPSA) is 78.9 Å². The molecule has 0 aromatic rings. The lowest BCUT2D eigenvalue weighted by atomic mass is 10.0. The summed E-state index contributed by atoms with van der Waals surface area (Å²) in [5, 5.41) is 0. The Hall–Kier alpha value is -2.63. The normalized spacial score (nSPS) is 12.3. The molecule has 0 aliphatic heterocycles. The number of esters is 3. The number of hydrogen-bond acceptors (Lipinski definition) is 6. The minimum Gasteiger partial charge on any atom is -0.462 e. The van der Waals surface area contributed by atoms with Gasteiger partial charge in [0.15, 0.2) is 6.10 Å². The minimum atomic E-state index is -0.775. The molecule has 0 aliphatic rings. The van der Waals surface area contributed by atoms with Crippen LogP contribution in [0, 0.1) is 0 Å². The molecular weight excluding hydrogens is 889 g/mol. The van der Waals surface area contributed by atoms with Gasteiger partial charge in [-0.3, -0.25) is 14.4 Å². The summed E-state index contributed by atoms with van der Waals surface area (Å²) in [4.78, 5) is 38.3. The van der Waals surface area contributed by atoms with Crippen LogP contribution in [-0.4, -0.2) is 37.2 Å². The van der Waals surface area contributed by atoms with Crippen molar-refractivity contribution in [2.24, 2.45) is 0 Å². The number of rotatable bonds is 58. The van der Waals surface area contributed by atoms with E-state index in [4.69, 9.17) is 14.2 Å². The van der Waals surface area contributed by atoms with Gasteiger partial charge in [0.05, 0.1) is 0 Å². The lowest BCUT2D eigenvalue weighted by Crippen LogP contribution is -2.30. The predicted octanol–water partition coefficient (Wildman–Crippen LogP) is 21.4. The molecule has 0 saturated heterocycles. The van der Waals surface area contributed by atoms with Crippen molar-refractivity contribution >= 4 is 17.9 Å². The Morgan fingerprint density at radius 1 is 0.278 bits per heavy atom. The molecule has 72 heavy (non-hydrogen) atoms. The Morgan fingerprint density at radius 2 is 0.500 bits per heavy atom. The molecule has 0 aromatic heterocycles. The van der Waals surface area contributed by atoms with Crippen LogP contribution >= 0.6 is 0 Å². The summed E-state index contributed by atoms with van der Waals surface area (Å²) < 4.78 is 16.9. The monoisotopic (exact) mass is 1010 g/mol. The Bertz CT molecular complexity index is 1250. The van der Waals surface area contributed by atoms with Crippen LogP contribution in [0.5, 0.6) is 0 Å². The molecule has 0 aliphatic carbocycles. The smallest absolute Gasteiger partial charge is 0.306 e. The van der Waals surface area contributed by atoms with Crippen molar-refractivity contribution in [3.05, 3.63) is 48.6 Å². The van der Waals surface area contributed by atoms with Gasteiger partial charge in [-0.05, 0) is 83.5 Å². The van der Waals surface area contributed by atoms with Crippen LogP contribution in [0.25, 0.3) is 0 Å². The zero-order valence-corrected chi connectivity index (χ0v) is 48.2. The highest BCUT2D eigenvalue weighted by Gasteiger charge is 2.19. The molecule has 0 amide bonds. The van der Waals surface area contributed by atoms with Gasteiger partial charge in [-0.2, -0.15) is 0 Å². The van der Waals surface area contributed by atoms with Crippen molar-refractivity contribution < 1.29 is 28.6 Å². The molecule has 1 atom stereocenters. The maximum atomic E-state index is 12.9. The average molecular weight is 1010 g/mol. The van der Waals surface area contributed by atoms with Crippen LogP contribution in [0.4, 0.5) is 0 Å². The predicted molar refractivity (Wildman–Crippen MR) is 312 cm³/mol. The highest BCUT2D eigenvalue weighted by molar-refractivity contribution is 5.71. The van der Waals surface area contributed by atoms with E-state index in [9.17, 15) is 14.4 Å². The Kier molecular flexibility index (Phi) is 58.7. The molecule has 0 rings (SSSR count). The van der Waals surface area contributed by atoms with E-state index in [2.05, 4.69) is 69.4 Å². The van der Waals surface area contributed by atoms with Gasteiger partial charge in [0.25, 0.3) is 0 Å². The van der Waals surface area contributed by atoms with E-state index in [0.29, 0.717) is 19.3 Å². The second-order valence-corrected chi connectivity index (χ2v) is 21.3. The zero-order valence-electron chi connectivity index (χ0n) is 48.2. The molecule has 0 saturated carbocycles. The van der Waals surface area contributed by atoms with Crippen molar-refractivity contribution in [3.63, 3.8) is 0 Å². The summed E-state index contributed by atoms with van der Waals surface area (Å²) in [6, 6.07) is 0. The fraction of sp³-hybridized carbons (Fsp3) is 0.833. The second-order valence-electron chi connectivity index (χ2n) is 21.3. The first-order chi connectivity index (χ1) is 35.5. The summed E-state index contributed by atoms with van der Waals surface area (Å²) >= 11 is 0. The third-order valence-electron chi connectivity index (χ3n) is 14.1. The van der Waals surface area contributed by atoms with Gasteiger partial charge >= 0.3 is 17.9 Å². The van der Waals surface area contributed by atoms with Crippen LogP contribution in [0.15, 0.2) is 48.6 Å². The van der Waals surface area contributed by atoms with E-state index in [1.807, 2.05) is 0 Å². The Labute approximate surface area is 448 Å². The number of hydrogen-bond donors (Lipinski definition) is 0. The second kappa shape index (κ2) is 60.9. The summed E-state index contributed by atoms with van der Waals surface area (Å²) in [5.41, 5.74) is 0. The van der Waals surface area contributed by atoms with Gasteiger partial charge in [0, 0.05) is 19.3 Å². The van der Waals surface area contributed by atoms with Gasteiger partial charge in [0.1, 0.15) is 13.2 Å². The average Bonchev–Trinajstić information content (AvgIpc) is 3.38. The summed E-state index contributed by atoms with van der Waals surface area (Å²) in [6.07, 6.45) is 75.4. The van der Waals surface area contributed by atoms with E-state index < -0.39 is 6.10 Å². The van der Waals surface area contributed by atoms with Crippen LogP contribution in [-0.2, 0) is 28.6 Å². The SMILES string of the molecule is CCCCCCC/C=C\C/C=C\CCCCCCCCCCCC(=O)OCC(COC(=O)CCCCCCCCCCCCCC)OC(=O)CCCCCCCCCCC/C=C\C/C=C\CCCCCCC. The lowest BCUT2D eigenvalue weighted by Gasteiger charge is -2.18. The number of allylic oxidation sites excluding steroid dienone is 8. The highest BCUT2D eigenvalue weighted by atomic mass is 16.6. The lowest BCUT2D eigenvalue weighted by molar-refractivity contribution is -0.167. The molecule has 0 bridgehead atoms. The standard InChI is InChI=1S/C66H120O6/c1-4-7-10-13-16-19-22-25-27-29-31-33-35-37-39-41-44-47-50-53-56-59-65(68)71-62-63(61-70-64(67)58-55-52-49-46-43-24-21-18-15-12-9-6-3)72-66(69)60-57-54-51-48-45-42-40-38-36-34-32-30-28-26-23-20-17-14-11-8-5-2/h22-23,25-26,29-32,63H,4-21,24,27-28,33-62H2,1-3H3/b25-22-,26-23-,31-29-,32-30-. The van der Waals surface area contributed by atoms with Gasteiger partial charge in [-0.15, -0.1) is 0 Å². The zero-order chi connectivity index (χ0) is 52.2. The van der Waals surface area contributed by atoms with E-state index in [1.165, 1.54) is 225 Å². The molecule has 0 N–H and O–H groups in total. The summed E-state index contributed by atoms with van der Waals surface area (Å²) in [5.74, 6) is -0.863. The van der Waals surface area contributed by atoms with E-state index in [0.717, 1.165) is 70.6 Å². The first kappa shape index (κ1) is 69.4. The van der Waals surface area contributed by atoms with E-state index in [-0.39, 0.29) is 31.1 Å². The maximum absolute atomic E-state index is 12.9. The van der Waals surface area contributed by atoms with Gasteiger partial charge in [-0.1, -0.05) is 281 Å². The van der Waals surface area contributed by atoms with Crippen molar-refractivity contribution in [3.8, 4) is 0 Å². The van der Waals surface area contributed by atoms with E-state index in [1.54, 1.807) is 0 Å². The van der Waals surface area contributed by atoms with Gasteiger partial charge in [0.2, 0.25) is 0 Å². The largest absolute Gasteiger partial charge is 0.462 e. The van der Waals surface area contributed by atoms with E-state index >= 15 is 0 Å². The van der Waals surface area contributed by atoms with Crippen molar-refractivity contribution in [1.82, 2.24) is 0 Å². The quantitative estimate of drug-likeness (QED) is 0.0261. The molecule has 0 fully saturated rings. The molecule has 0 heterocycles. The molecule has 0 aromatic carbocycles. The fourth-order valence-electron chi connectivity index (χ4n) is 9.27. The van der Waals surface area contributed by atoms with Crippen LogP contribution in [0.3, 0.4) is 0 Å². The van der Waals surface area contributed by atoms with Crippen LogP contribution < -0.4 is 0 Å². The van der Waals surface area contributed by atoms with Gasteiger partial charge in [-0.25, -0.2) is 0 Å². The number of unbranched alkanes of at least 4 members (excludes halogenated alkanes) is 39. The number of carbonyl (C=O) groups excluding carboxylic acids is 3. The molecule has 0 radical (unpaired) electrons. The Morgan fingerprint density at radius 3 is 0.764 bits per heavy atom. The Balaban J connectivity index is 4.31. The first-order valence-electron chi connectivity index (χ1n) is 31.6. The third-order valence-corrected chi connectivity index (χ3v) is 14.1. The molecule has 1 unspecified atom stereocenters. The molecule has 6 heteroatoms. The summed E-state index contributed by atoms with van der Waals surface area (Å²) in [6.45, 7) is 6.65. The fourth-order valence-corrected chi connectivity index (χ4v) is 9.27. The summed E-state index contributed by atoms with van der Waals surface area (Å²) in [7, 11) is 0. The molecular formula is C66H120O6. The van der Waals surface area contributed by atoms with Gasteiger partial charge < -0.3 is 14.2 Å². The molecule has 0 spiro atoms. The van der Waals surface area contributed by atoms with Crippen molar-refractivity contribution in [1.29, 1.82) is 0 Å². The highest BCUT2D eigenvalue weighted by Crippen LogP contribution is 2.17. The van der Waals surface area contributed by atoms with Crippen molar-refractivity contribution in [2.75, 3.05) is 13.2 Å². The maximum Gasteiger partial charge on any atom is 0.306 e. The van der Waals surface area contributed by atoms with Crippen molar-refractivity contribution in [2.45, 2.75) is 341 Å². The molecule has 420 valence electrons.